The molecule has 5 nitrogen and oxygen atoms in total. The van der Waals surface area contributed by atoms with Crippen LogP contribution in [-0.4, -0.2) is 27.6 Å². The number of aromatic nitrogens is 2. The van der Waals surface area contributed by atoms with Gasteiger partial charge in [-0.2, -0.15) is 0 Å². The van der Waals surface area contributed by atoms with Crippen LogP contribution in [0.3, 0.4) is 0 Å². The second-order valence-electron chi connectivity index (χ2n) is 4.47. The Hall–Kier alpha value is -2.43. The summed E-state index contributed by atoms with van der Waals surface area (Å²) in [5.41, 5.74) is 1.96. The number of hydrogen-bond acceptors (Lipinski definition) is 4. The zero-order valence-corrected chi connectivity index (χ0v) is 11.6. The zero-order valence-electron chi connectivity index (χ0n) is 11.6. The van der Waals surface area contributed by atoms with Crippen molar-refractivity contribution in [3.63, 3.8) is 0 Å². The van der Waals surface area contributed by atoms with Crippen molar-refractivity contribution in [1.82, 2.24) is 9.97 Å². The van der Waals surface area contributed by atoms with Gasteiger partial charge in [-0.1, -0.05) is 12.1 Å². The molecule has 1 N–H and O–H groups in total. The van der Waals surface area contributed by atoms with Gasteiger partial charge in [-0.3, -0.25) is 4.98 Å². The van der Waals surface area contributed by atoms with Crippen LogP contribution in [0, 0.1) is 6.92 Å². The molecule has 0 unspecified atom stereocenters. The summed E-state index contributed by atoms with van der Waals surface area (Å²) in [4.78, 5) is 21.6. The summed E-state index contributed by atoms with van der Waals surface area (Å²) in [6.45, 7) is 5.29. The predicted molar refractivity (Wildman–Crippen MR) is 76.9 cm³/mol. The van der Waals surface area contributed by atoms with Crippen LogP contribution in [0.5, 0.6) is 0 Å². The molecule has 0 spiro atoms. The molecule has 0 aromatic carbocycles. The fraction of sp³-hybridized carbons (Fsp3) is 0.267. The molecule has 0 aliphatic carbocycles. The number of pyridine rings is 2. The SMILES string of the molecule is CCN(Cc1cccc(C)n1)c1cccc(C(=O)O)n1. The lowest BCUT2D eigenvalue weighted by Gasteiger charge is -2.21. The van der Waals surface area contributed by atoms with E-state index in [1.165, 1.54) is 6.07 Å². The second-order valence-corrected chi connectivity index (χ2v) is 4.47. The summed E-state index contributed by atoms with van der Waals surface area (Å²) in [7, 11) is 0. The average molecular weight is 271 g/mol. The number of carboxylic acids is 1. The van der Waals surface area contributed by atoms with Gasteiger partial charge in [0.05, 0.1) is 12.2 Å². The summed E-state index contributed by atoms with van der Waals surface area (Å²) in [6, 6.07) is 10.9. The first-order valence-corrected chi connectivity index (χ1v) is 6.48. The summed E-state index contributed by atoms with van der Waals surface area (Å²) >= 11 is 0. The Balaban J connectivity index is 2.24. The summed E-state index contributed by atoms with van der Waals surface area (Å²) in [6.07, 6.45) is 0. The van der Waals surface area contributed by atoms with Crippen molar-refractivity contribution in [3.8, 4) is 0 Å². The minimum atomic E-state index is -1.02. The Morgan fingerprint density at radius 3 is 2.60 bits per heavy atom. The van der Waals surface area contributed by atoms with Gasteiger partial charge < -0.3 is 10.0 Å². The van der Waals surface area contributed by atoms with E-state index in [1.54, 1.807) is 6.07 Å². The first kappa shape index (κ1) is 14.0. The van der Waals surface area contributed by atoms with Gasteiger partial charge in [0.1, 0.15) is 5.82 Å². The maximum Gasteiger partial charge on any atom is 0.354 e. The van der Waals surface area contributed by atoms with Crippen LogP contribution < -0.4 is 4.90 Å². The average Bonchev–Trinajstić information content (AvgIpc) is 2.45. The molecule has 0 saturated carbocycles. The van der Waals surface area contributed by atoms with E-state index in [0.717, 1.165) is 17.9 Å². The molecule has 0 saturated heterocycles. The van der Waals surface area contributed by atoms with Gasteiger partial charge in [-0.25, -0.2) is 9.78 Å². The van der Waals surface area contributed by atoms with Crippen molar-refractivity contribution in [1.29, 1.82) is 0 Å². The van der Waals surface area contributed by atoms with Crippen LogP contribution in [-0.2, 0) is 6.54 Å². The highest BCUT2D eigenvalue weighted by molar-refractivity contribution is 5.85. The largest absolute Gasteiger partial charge is 0.477 e. The number of aryl methyl sites for hydroxylation is 1. The second kappa shape index (κ2) is 6.14. The molecule has 2 heterocycles. The van der Waals surface area contributed by atoms with Gasteiger partial charge in [0.25, 0.3) is 0 Å². The van der Waals surface area contributed by atoms with Crippen molar-refractivity contribution in [3.05, 3.63) is 53.5 Å². The third kappa shape index (κ3) is 3.32. The van der Waals surface area contributed by atoms with E-state index in [1.807, 2.05) is 43.0 Å². The van der Waals surface area contributed by atoms with Crippen molar-refractivity contribution < 1.29 is 9.90 Å². The van der Waals surface area contributed by atoms with Crippen molar-refractivity contribution in [2.24, 2.45) is 0 Å². The van der Waals surface area contributed by atoms with E-state index in [-0.39, 0.29) is 5.69 Å². The van der Waals surface area contributed by atoms with E-state index in [2.05, 4.69) is 9.97 Å². The van der Waals surface area contributed by atoms with Crippen molar-refractivity contribution in [2.75, 3.05) is 11.4 Å². The van der Waals surface area contributed by atoms with Crippen LogP contribution in [0.4, 0.5) is 5.82 Å². The number of hydrogen-bond donors (Lipinski definition) is 1. The lowest BCUT2D eigenvalue weighted by molar-refractivity contribution is 0.0690. The molecule has 2 aromatic heterocycles. The van der Waals surface area contributed by atoms with Crippen LogP contribution in [0.1, 0.15) is 28.8 Å². The van der Waals surface area contributed by atoms with E-state index >= 15 is 0 Å². The number of carboxylic acid groups (broad SMARTS) is 1. The highest BCUT2D eigenvalue weighted by atomic mass is 16.4. The minimum absolute atomic E-state index is 0.0538. The molecule has 0 amide bonds. The predicted octanol–water partition coefficient (Wildman–Crippen LogP) is 2.51. The molecule has 104 valence electrons. The van der Waals surface area contributed by atoms with Gasteiger partial charge in [-0.05, 0) is 38.1 Å². The maximum absolute atomic E-state index is 11.0. The third-order valence-electron chi connectivity index (χ3n) is 2.96. The first-order chi connectivity index (χ1) is 9.60. The number of anilines is 1. The van der Waals surface area contributed by atoms with Gasteiger partial charge in [0, 0.05) is 12.2 Å². The van der Waals surface area contributed by atoms with Gasteiger partial charge >= 0.3 is 5.97 Å². The number of carbonyl (C=O) groups is 1. The summed E-state index contributed by atoms with van der Waals surface area (Å²) in [5, 5.41) is 9.00. The lowest BCUT2D eigenvalue weighted by atomic mass is 10.3. The smallest absolute Gasteiger partial charge is 0.354 e. The Bertz CT molecular complexity index is 614. The first-order valence-electron chi connectivity index (χ1n) is 6.48. The molecule has 0 aliphatic heterocycles. The highest BCUT2D eigenvalue weighted by Crippen LogP contribution is 2.14. The maximum atomic E-state index is 11.0. The Labute approximate surface area is 117 Å². The van der Waals surface area contributed by atoms with Crippen LogP contribution in [0.2, 0.25) is 0 Å². The molecule has 2 rings (SSSR count). The molecule has 2 aromatic rings. The molecule has 5 heteroatoms. The quantitative estimate of drug-likeness (QED) is 0.905. The van der Waals surface area contributed by atoms with Crippen molar-refractivity contribution >= 4 is 11.8 Å². The Kier molecular flexibility index (Phi) is 4.30. The Morgan fingerprint density at radius 2 is 1.95 bits per heavy atom. The standard InChI is InChI=1S/C15H17N3O2/c1-3-18(10-12-7-4-6-11(2)16-12)14-9-5-8-13(17-14)15(19)20/h4-9H,3,10H2,1-2H3,(H,19,20). The molecule has 20 heavy (non-hydrogen) atoms. The molecule has 0 bridgehead atoms. The minimum Gasteiger partial charge on any atom is -0.477 e. The fourth-order valence-corrected chi connectivity index (χ4v) is 1.96. The van der Waals surface area contributed by atoms with Crippen LogP contribution in [0.25, 0.3) is 0 Å². The van der Waals surface area contributed by atoms with Gasteiger partial charge in [0.15, 0.2) is 5.69 Å². The Morgan fingerprint density at radius 1 is 1.20 bits per heavy atom. The molecule has 0 atom stereocenters. The highest BCUT2D eigenvalue weighted by Gasteiger charge is 2.11. The van der Waals surface area contributed by atoms with Crippen LogP contribution in [0.15, 0.2) is 36.4 Å². The number of nitrogens with zero attached hydrogens (tertiary/aromatic N) is 3. The summed E-state index contributed by atoms with van der Waals surface area (Å²) in [5.74, 6) is -0.368. The fourth-order valence-electron chi connectivity index (χ4n) is 1.96. The van der Waals surface area contributed by atoms with Gasteiger partial charge in [-0.15, -0.1) is 0 Å². The molecule has 0 radical (unpaired) electrons. The van der Waals surface area contributed by atoms with E-state index in [0.29, 0.717) is 12.4 Å². The molecule has 0 aliphatic rings. The molecule has 0 fully saturated rings. The topological polar surface area (TPSA) is 66.3 Å². The normalized spacial score (nSPS) is 10.3. The van der Waals surface area contributed by atoms with E-state index < -0.39 is 5.97 Å². The van der Waals surface area contributed by atoms with E-state index in [9.17, 15) is 4.79 Å². The molecular formula is C15H17N3O2. The number of rotatable bonds is 5. The van der Waals surface area contributed by atoms with Crippen LogP contribution >= 0.6 is 0 Å². The monoisotopic (exact) mass is 271 g/mol. The third-order valence-corrected chi connectivity index (χ3v) is 2.96. The number of aromatic carboxylic acids is 1. The lowest BCUT2D eigenvalue weighted by Crippen LogP contribution is -2.24. The van der Waals surface area contributed by atoms with Crippen molar-refractivity contribution in [2.45, 2.75) is 20.4 Å². The molecular weight excluding hydrogens is 254 g/mol. The summed E-state index contributed by atoms with van der Waals surface area (Å²) < 4.78 is 0. The van der Waals surface area contributed by atoms with E-state index in [4.69, 9.17) is 5.11 Å². The zero-order chi connectivity index (χ0) is 14.5. The van der Waals surface area contributed by atoms with Gasteiger partial charge in [0.2, 0.25) is 0 Å².